The number of rotatable bonds is 6. The van der Waals surface area contributed by atoms with Crippen molar-refractivity contribution in [3.8, 4) is 5.75 Å². The molecular weight excluding hydrogens is 506 g/mol. The first-order chi connectivity index (χ1) is 17.1. The minimum atomic E-state index is 0.0572. The highest BCUT2D eigenvalue weighted by Gasteiger charge is 2.48. The zero-order chi connectivity index (χ0) is 24.1. The number of anilines is 2. The molecule has 4 aliphatic rings. The van der Waals surface area contributed by atoms with Gasteiger partial charge in [0, 0.05) is 24.5 Å². The minimum absolute atomic E-state index is 0.0572. The number of ether oxygens (including phenoxy) is 1. The van der Waals surface area contributed by atoms with Crippen LogP contribution in [-0.2, 0) is 6.54 Å². The fraction of sp³-hybridized carbons (Fsp3) is 0.556. The Kier molecular flexibility index (Phi) is 6.03. The van der Waals surface area contributed by atoms with Gasteiger partial charge >= 0.3 is 0 Å². The molecule has 2 aliphatic heterocycles. The first-order valence-corrected chi connectivity index (χ1v) is 13.9. The molecule has 1 N–H and O–H groups in total. The third kappa shape index (κ3) is 3.85. The second kappa shape index (κ2) is 9.19. The molecule has 3 heterocycles. The Morgan fingerprint density at radius 1 is 1.14 bits per heavy atom. The molecule has 35 heavy (non-hydrogen) atoms. The monoisotopic (exact) mass is 539 g/mol. The molecule has 6 rings (SSSR count). The molecule has 1 aromatic carbocycles. The van der Waals surface area contributed by atoms with Crippen molar-refractivity contribution in [1.29, 1.82) is 0 Å². The molecule has 1 aromatic heterocycles. The molecule has 0 saturated heterocycles. The number of halogens is 1. The second-order valence-electron chi connectivity index (χ2n) is 10.2. The number of nitrogens with one attached hydrogen (secondary N) is 1. The van der Waals surface area contributed by atoms with Crippen LogP contribution >= 0.6 is 15.9 Å². The van der Waals surface area contributed by atoms with Crippen LogP contribution in [-0.4, -0.2) is 46.1 Å². The largest absolute Gasteiger partial charge is 0.496 e. The summed E-state index contributed by atoms with van der Waals surface area (Å²) in [6, 6.07) is 6.93. The van der Waals surface area contributed by atoms with Crippen LogP contribution in [0.25, 0.3) is 0 Å². The summed E-state index contributed by atoms with van der Waals surface area (Å²) < 4.78 is 8.47. The minimum Gasteiger partial charge on any atom is -0.496 e. The number of carbonyl (C=O) groups is 1. The maximum Gasteiger partial charge on any atom is 0.279 e. The molecule has 2 fully saturated rings. The summed E-state index contributed by atoms with van der Waals surface area (Å²) >= 11 is 3.63. The number of hydrogen-bond donors (Lipinski definition) is 1. The zero-order valence-electron chi connectivity index (χ0n) is 20.6. The van der Waals surface area contributed by atoms with E-state index in [-0.39, 0.29) is 5.91 Å². The first kappa shape index (κ1) is 23.0. The number of benzene rings is 1. The van der Waals surface area contributed by atoms with E-state index in [0.717, 1.165) is 52.6 Å². The van der Waals surface area contributed by atoms with E-state index >= 15 is 0 Å². The lowest BCUT2D eigenvalue weighted by Crippen LogP contribution is -2.46. The predicted octanol–water partition coefficient (Wildman–Crippen LogP) is 5.75. The van der Waals surface area contributed by atoms with E-state index in [4.69, 9.17) is 9.72 Å². The molecule has 1 amide bonds. The first-order valence-electron chi connectivity index (χ1n) is 13.1. The number of fused-ring (bicyclic) bond motifs is 5. The van der Waals surface area contributed by atoms with E-state index in [1.165, 1.54) is 32.1 Å². The number of imidazole rings is 1. The van der Waals surface area contributed by atoms with Crippen molar-refractivity contribution in [2.45, 2.75) is 76.9 Å². The Hall–Kier alpha value is -2.48. The smallest absolute Gasteiger partial charge is 0.279 e. The molecule has 0 unspecified atom stereocenters. The average Bonchev–Trinajstić information content (AvgIpc) is 3.54. The number of nitrogens with zero attached hydrogens (tertiary/aromatic N) is 4. The Bertz CT molecular complexity index is 1170. The summed E-state index contributed by atoms with van der Waals surface area (Å²) in [6.45, 7) is 3.30. The second-order valence-corrected chi connectivity index (χ2v) is 11.1. The van der Waals surface area contributed by atoms with E-state index in [0.29, 0.717) is 36.8 Å². The summed E-state index contributed by atoms with van der Waals surface area (Å²) in [5.41, 5.74) is 1.81. The van der Waals surface area contributed by atoms with E-state index in [9.17, 15) is 4.79 Å². The molecule has 0 bridgehead atoms. The van der Waals surface area contributed by atoms with E-state index < -0.39 is 0 Å². The van der Waals surface area contributed by atoms with Crippen LogP contribution in [0.5, 0.6) is 5.75 Å². The highest BCUT2D eigenvalue weighted by atomic mass is 79.9. The van der Waals surface area contributed by atoms with Gasteiger partial charge in [0.25, 0.3) is 5.91 Å². The average molecular weight is 541 g/mol. The number of methoxy groups -OCH3 is 1. The van der Waals surface area contributed by atoms with Crippen LogP contribution in [0.3, 0.4) is 0 Å². The highest BCUT2D eigenvalue weighted by Crippen LogP contribution is 2.47. The number of aromatic nitrogens is 2. The van der Waals surface area contributed by atoms with Crippen molar-refractivity contribution in [3.63, 3.8) is 0 Å². The third-order valence-corrected chi connectivity index (χ3v) is 8.81. The van der Waals surface area contributed by atoms with E-state index in [2.05, 4.69) is 55.8 Å². The maximum absolute atomic E-state index is 13.9. The van der Waals surface area contributed by atoms with Gasteiger partial charge in [-0.05, 0) is 72.3 Å². The van der Waals surface area contributed by atoms with Gasteiger partial charge in [0.15, 0.2) is 11.5 Å². The van der Waals surface area contributed by atoms with Crippen molar-refractivity contribution in [2.24, 2.45) is 5.92 Å². The molecule has 186 valence electrons. The van der Waals surface area contributed by atoms with Crippen LogP contribution in [0.2, 0.25) is 0 Å². The molecule has 0 spiro atoms. The van der Waals surface area contributed by atoms with Gasteiger partial charge in [-0.1, -0.05) is 31.7 Å². The molecule has 2 atom stereocenters. The van der Waals surface area contributed by atoms with Gasteiger partial charge in [-0.15, -0.1) is 0 Å². The topological polar surface area (TPSA) is 62.6 Å². The molecule has 2 aliphatic carbocycles. The fourth-order valence-corrected chi connectivity index (χ4v) is 7.04. The van der Waals surface area contributed by atoms with E-state index in [1.807, 2.05) is 11.0 Å². The van der Waals surface area contributed by atoms with Crippen LogP contribution in [0.15, 0.2) is 34.6 Å². The van der Waals surface area contributed by atoms with Crippen molar-refractivity contribution in [1.82, 2.24) is 14.5 Å². The zero-order valence-corrected chi connectivity index (χ0v) is 22.2. The Balaban J connectivity index is 1.45. The molecule has 2 saturated carbocycles. The van der Waals surface area contributed by atoms with Gasteiger partial charge in [0.05, 0.1) is 18.1 Å². The van der Waals surface area contributed by atoms with Crippen LogP contribution < -0.4 is 15.0 Å². The Morgan fingerprint density at radius 3 is 2.71 bits per heavy atom. The fourth-order valence-electron chi connectivity index (χ4n) is 6.45. The van der Waals surface area contributed by atoms with Crippen molar-refractivity contribution in [3.05, 3.63) is 45.8 Å². The van der Waals surface area contributed by atoms with E-state index in [1.54, 1.807) is 7.11 Å². The van der Waals surface area contributed by atoms with Crippen LogP contribution in [0, 0.1) is 5.92 Å². The third-order valence-electron chi connectivity index (χ3n) is 8.19. The quantitative estimate of drug-likeness (QED) is 0.506. The van der Waals surface area contributed by atoms with Crippen molar-refractivity contribution >= 4 is 33.6 Å². The van der Waals surface area contributed by atoms with Gasteiger partial charge in [0.1, 0.15) is 11.6 Å². The number of amides is 1. The molecule has 7 nitrogen and oxygen atoms in total. The summed E-state index contributed by atoms with van der Waals surface area (Å²) in [5.74, 6) is 4.07. The van der Waals surface area contributed by atoms with Crippen molar-refractivity contribution in [2.75, 3.05) is 23.9 Å². The highest BCUT2D eigenvalue weighted by molar-refractivity contribution is 9.10. The lowest BCUT2D eigenvalue weighted by molar-refractivity contribution is 0.0789. The van der Waals surface area contributed by atoms with Gasteiger partial charge in [-0.3, -0.25) is 14.3 Å². The summed E-state index contributed by atoms with van der Waals surface area (Å²) in [7, 11) is 1.67. The molecule has 8 heteroatoms. The Labute approximate surface area is 215 Å². The van der Waals surface area contributed by atoms with Gasteiger partial charge in [-0.2, -0.15) is 4.98 Å². The standard InChI is InChI=1S/C27H34BrN5O2/c1-3-31-23-15-18-8-7-11-21(18)33(23)25-24(26(31)34)32(16-17-12-13-22(35-2)20(28)14-17)27(30-25)29-19-9-5-4-6-10-19/h12-15,18-19,21H,3-11,16H2,1-2H3,(H,29,30)/t18-,21-/m0/s1. The van der Waals surface area contributed by atoms with Gasteiger partial charge < -0.3 is 15.0 Å². The number of carbonyl (C=O) groups excluding carboxylic acids is 1. The number of hydrogen-bond acceptors (Lipinski definition) is 5. The predicted molar refractivity (Wildman–Crippen MR) is 141 cm³/mol. The maximum atomic E-state index is 13.9. The summed E-state index contributed by atoms with van der Waals surface area (Å²) in [6.07, 6.45) is 12.0. The molecule has 0 radical (unpaired) electrons. The Morgan fingerprint density at radius 2 is 1.97 bits per heavy atom. The van der Waals surface area contributed by atoms with Gasteiger partial charge in [-0.25, -0.2) is 0 Å². The SMILES string of the molecule is CCN1C(=O)c2c(nc(NC3CCCCC3)n2Cc2ccc(OC)c(Br)c2)N2C1=C[C@@H]1CCC[C@@H]12. The normalized spacial score (nSPS) is 23.7. The van der Waals surface area contributed by atoms with Crippen molar-refractivity contribution < 1.29 is 9.53 Å². The lowest BCUT2D eigenvalue weighted by atomic mass is 9.96. The molecular formula is C27H34BrN5O2. The summed E-state index contributed by atoms with van der Waals surface area (Å²) in [4.78, 5) is 23.4. The van der Waals surface area contributed by atoms with Gasteiger partial charge in [0.2, 0.25) is 5.95 Å². The van der Waals surface area contributed by atoms with Crippen LogP contribution in [0.1, 0.15) is 74.3 Å². The van der Waals surface area contributed by atoms with Crippen LogP contribution in [0.4, 0.5) is 11.8 Å². The summed E-state index contributed by atoms with van der Waals surface area (Å²) in [5, 5.41) is 3.76. The lowest BCUT2D eigenvalue weighted by Gasteiger charge is -2.38. The molecule has 2 aromatic rings.